The van der Waals surface area contributed by atoms with E-state index in [4.69, 9.17) is 0 Å². The van der Waals surface area contributed by atoms with Crippen LogP contribution in [0.25, 0.3) is 0 Å². The number of nitrogens with one attached hydrogen (secondary N) is 1. The zero-order chi connectivity index (χ0) is 12.0. The smallest absolute Gasteiger partial charge is 0.246 e. The fourth-order valence-electron chi connectivity index (χ4n) is 3.81. The summed E-state index contributed by atoms with van der Waals surface area (Å²) in [5, 5.41) is 2.93. The Morgan fingerprint density at radius 3 is 2.76 bits per heavy atom. The van der Waals surface area contributed by atoms with Crippen LogP contribution in [0.15, 0.2) is 0 Å². The molecular weight excluding hydrogens is 216 g/mol. The molecule has 1 aliphatic heterocycles. The second-order valence-electron chi connectivity index (χ2n) is 5.88. The van der Waals surface area contributed by atoms with Crippen molar-refractivity contribution in [3.63, 3.8) is 0 Å². The topological polar surface area (TPSA) is 49.4 Å². The lowest BCUT2D eigenvalue weighted by molar-refractivity contribution is -0.149. The first-order chi connectivity index (χ1) is 8.15. The second-order valence-corrected chi connectivity index (χ2v) is 5.88. The lowest BCUT2D eigenvalue weighted by atomic mass is 9.88. The fraction of sp³-hybridized carbons (Fsp3) is 0.846. The van der Waals surface area contributed by atoms with Crippen molar-refractivity contribution in [1.29, 1.82) is 0 Å². The fourth-order valence-corrected chi connectivity index (χ4v) is 3.81. The molecule has 4 atom stereocenters. The van der Waals surface area contributed by atoms with Crippen LogP contribution in [-0.4, -0.2) is 35.8 Å². The first-order valence-electron chi connectivity index (χ1n) is 6.72. The van der Waals surface area contributed by atoms with Crippen molar-refractivity contribution in [2.45, 2.75) is 38.6 Å². The summed E-state index contributed by atoms with van der Waals surface area (Å²) in [6, 6.07) is -0.203. The summed E-state index contributed by atoms with van der Waals surface area (Å²) in [5.41, 5.74) is 0. The van der Waals surface area contributed by atoms with Crippen LogP contribution in [0.1, 0.15) is 32.6 Å². The van der Waals surface area contributed by atoms with E-state index in [1.54, 1.807) is 0 Å². The summed E-state index contributed by atoms with van der Waals surface area (Å²) >= 11 is 0. The molecule has 0 aromatic heterocycles. The lowest BCUT2D eigenvalue weighted by Crippen LogP contribution is -2.58. The maximum absolute atomic E-state index is 12.0. The average molecular weight is 236 g/mol. The van der Waals surface area contributed by atoms with E-state index < -0.39 is 0 Å². The number of hydrogen-bond acceptors (Lipinski definition) is 3. The molecule has 3 rings (SSSR count). The van der Waals surface area contributed by atoms with Crippen LogP contribution in [0.4, 0.5) is 0 Å². The van der Waals surface area contributed by atoms with Crippen LogP contribution in [0, 0.1) is 17.8 Å². The Hall–Kier alpha value is -0.900. The van der Waals surface area contributed by atoms with Crippen LogP contribution < -0.4 is 5.32 Å². The van der Waals surface area contributed by atoms with Gasteiger partial charge in [0.25, 0.3) is 0 Å². The molecule has 3 aliphatic rings. The van der Waals surface area contributed by atoms with Gasteiger partial charge >= 0.3 is 0 Å². The Labute approximate surface area is 102 Å². The van der Waals surface area contributed by atoms with E-state index >= 15 is 0 Å². The van der Waals surface area contributed by atoms with Crippen molar-refractivity contribution in [2.75, 3.05) is 13.1 Å². The Bertz CT molecular complexity index is 355. The molecule has 2 saturated carbocycles. The van der Waals surface area contributed by atoms with Crippen LogP contribution in [0.5, 0.6) is 0 Å². The first kappa shape index (κ1) is 11.2. The number of imide groups is 1. The third kappa shape index (κ3) is 1.88. The quantitative estimate of drug-likeness (QED) is 0.720. The number of amides is 2. The molecule has 4 nitrogen and oxygen atoms in total. The van der Waals surface area contributed by atoms with E-state index in [2.05, 4.69) is 5.32 Å². The van der Waals surface area contributed by atoms with Gasteiger partial charge in [0.2, 0.25) is 11.8 Å². The zero-order valence-electron chi connectivity index (χ0n) is 10.3. The van der Waals surface area contributed by atoms with Gasteiger partial charge in [-0.05, 0) is 43.9 Å². The van der Waals surface area contributed by atoms with E-state index in [0.717, 1.165) is 11.8 Å². The number of carbonyl (C=O) groups excluding carboxylic acids is 2. The Kier molecular flexibility index (Phi) is 2.69. The lowest BCUT2D eigenvalue weighted by Gasteiger charge is -2.33. The predicted octanol–water partition coefficient (Wildman–Crippen LogP) is 0.769. The highest BCUT2D eigenvalue weighted by Gasteiger charge is 2.42. The minimum absolute atomic E-state index is 0.0379. The number of hydrogen-bond donors (Lipinski definition) is 1. The van der Waals surface area contributed by atoms with Crippen molar-refractivity contribution >= 4 is 11.8 Å². The Balaban J connectivity index is 1.67. The summed E-state index contributed by atoms with van der Waals surface area (Å²) in [4.78, 5) is 25.3. The van der Waals surface area contributed by atoms with Gasteiger partial charge in [-0.15, -0.1) is 0 Å². The largest absolute Gasteiger partial charge is 0.298 e. The van der Waals surface area contributed by atoms with E-state index in [9.17, 15) is 9.59 Å². The van der Waals surface area contributed by atoms with E-state index in [1.807, 2.05) is 6.92 Å². The highest BCUT2D eigenvalue weighted by atomic mass is 16.2. The van der Waals surface area contributed by atoms with Gasteiger partial charge in [-0.1, -0.05) is 6.42 Å². The summed E-state index contributed by atoms with van der Waals surface area (Å²) < 4.78 is 0. The van der Waals surface area contributed by atoms with Crippen molar-refractivity contribution in [2.24, 2.45) is 17.8 Å². The second kappa shape index (κ2) is 4.09. The summed E-state index contributed by atoms with van der Waals surface area (Å²) in [5.74, 6) is 2.13. The maximum atomic E-state index is 12.0. The monoisotopic (exact) mass is 236 g/mol. The molecule has 0 spiro atoms. The van der Waals surface area contributed by atoms with Crippen molar-refractivity contribution < 1.29 is 9.59 Å². The SMILES string of the molecule is CC1NCC(=O)N(CC2CC3CCC2C3)C1=O. The molecule has 1 N–H and O–H groups in total. The molecule has 2 amide bonds. The van der Waals surface area contributed by atoms with Gasteiger partial charge in [-0.25, -0.2) is 0 Å². The minimum atomic E-state index is -0.203. The van der Waals surface area contributed by atoms with Gasteiger partial charge in [0.15, 0.2) is 0 Å². The summed E-state index contributed by atoms with van der Waals surface area (Å²) in [7, 11) is 0. The third-order valence-electron chi connectivity index (χ3n) is 4.80. The van der Waals surface area contributed by atoms with E-state index in [1.165, 1.54) is 30.6 Å². The summed E-state index contributed by atoms with van der Waals surface area (Å²) in [6.45, 7) is 2.82. The molecule has 94 valence electrons. The van der Waals surface area contributed by atoms with E-state index in [0.29, 0.717) is 19.0 Å². The normalized spacial score (nSPS) is 41.4. The number of nitrogens with zero attached hydrogens (tertiary/aromatic N) is 1. The van der Waals surface area contributed by atoms with Crippen molar-refractivity contribution in [3.8, 4) is 0 Å². The molecule has 3 fully saturated rings. The number of fused-ring (bicyclic) bond motifs is 2. The molecule has 2 aliphatic carbocycles. The van der Waals surface area contributed by atoms with Gasteiger partial charge in [0, 0.05) is 6.54 Å². The third-order valence-corrected chi connectivity index (χ3v) is 4.80. The van der Waals surface area contributed by atoms with E-state index in [-0.39, 0.29) is 17.9 Å². The Morgan fingerprint density at radius 1 is 1.29 bits per heavy atom. The minimum Gasteiger partial charge on any atom is -0.298 e. The first-order valence-corrected chi connectivity index (χ1v) is 6.72. The summed E-state index contributed by atoms with van der Waals surface area (Å²) in [6.07, 6.45) is 5.22. The number of carbonyl (C=O) groups is 2. The highest BCUT2D eigenvalue weighted by molar-refractivity contribution is 6.00. The molecule has 0 radical (unpaired) electrons. The molecule has 4 heteroatoms. The number of rotatable bonds is 2. The molecule has 1 saturated heterocycles. The van der Waals surface area contributed by atoms with Crippen LogP contribution in [0.3, 0.4) is 0 Å². The molecule has 2 bridgehead atoms. The molecule has 0 aromatic carbocycles. The van der Waals surface area contributed by atoms with Crippen molar-refractivity contribution in [1.82, 2.24) is 10.2 Å². The molecule has 0 aromatic rings. The van der Waals surface area contributed by atoms with Crippen LogP contribution in [-0.2, 0) is 9.59 Å². The molecule has 4 unspecified atom stereocenters. The Morgan fingerprint density at radius 2 is 2.12 bits per heavy atom. The van der Waals surface area contributed by atoms with Crippen LogP contribution >= 0.6 is 0 Å². The van der Waals surface area contributed by atoms with Gasteiger partial charge in [0.1, 0.15) is 0 Å². The van der Waals surface area contributed by atoms with Gasteiger partial charge < -0.3 is 0 Å². The maximum Gasteiger partial charge on any atom is 0.246 e. The highest BCUT2D eigenvalue weighted by Crippen LogP contribution is 2.48. The van der Waals surface area contributed by atoms with Gasteiger partial charge in [0.05, 0.1) is 12.6 Å². The zero-order valence-corrected chi connectivity index (χ0v) is 10.3. The molecular formula is C13H20N2O2. The molecule has 1 heterocycles. The predicted molar refractivity (Wildman–Crippen MR) is 63.1 cm³/mol. The molecule has 17 heavy (non-hydrogen) atoms. The van der Waals surface area contributed by atoms with Crippen molar-refractivity contribution in [3.05, 3.63) is 0 Å². The average Bonchev–Trinajstić information content (AvgIpc) is 2.91. The standard InChI is InChI=1S/C13H20N2O2/c1-8-13(17)15(12(16)6-14-8)7-11-5-9-2-3-10(11)4-9/h8-11,14H,2-7H2,1H3. The van der Waals surface area contributed by atoms with Gasteiger partial charge in [-0.2, -0.15) is 0 Å². The number of piperazine rings is 1. The van der Waals surface area contributed by atoms with Gasteiger partial charge in [-0.3, -0.25) is 19.8 Å². The van der Waals surface area contributed by atoms with Crippen LogP contribution in [0.2, 0.25) is 0 Å².